The van der Waals surface area contributed by atoms with Crippen LogP contribution in [0.25, 0.3) is 0 Å². The van der Waals surface area contributed by atoms with E-state index in [-0.39, 0.29) is 12.1 Å². The minimum Gasteiger partial charge on any atom is -0.489 e. The van der Waals surface area contributed by atoms with Gasteiger partial charge in [-0.3, -0.25) is 10.2 Å². The zero-order chi connectivity index (χ0) is 23.0. The molecule has 6 nitrogen and oxygen atoms in total. The summed E-state index contributed by atoms with van der Waals surface area (Å²) in [7, 11) is 0. The quantitative estimate of drug-likeness (QED) is 0.493. The Bertz CT molecular complexity index is 1060. The fourth-order valence-electron chi connectivity index (χ4n) is 2.71. The Morgan fingerprint density at radius 1 is 0.812 bits per heavy atom. The van der Waals surface area contributed by atoms with E-state index in [1.54, 1.807) is 24.3 Å². The van der Waals surface area contributed by atoms with Crippen LogP contribution >= 0.6 is 0 Å². The van der Waals surface area contributed by atoms with Crippen LogP contribution in [0.1, 0.15) is 27.0 Å². The van der Waals surface area contributed by atoms with Crippen LogP contribution < -0.4 is 20.9 Å². The molecular formula is C23H20F3N3O3. The number of amides is 3. The molecule has 0 saturated heterocycles. The molecule has 0 radical (unpaired) electrons. The number of hydrogen-bond acceptors (Lipinski definition) is 3. The van der Waals surface area contributed by atoms with Gasteiger partial charge < -0.3 is 10.1 Å². The number of halogens is 3. The van der Waals surface area contributed by atoms with Crippen molar-refractivity contribution in [2.45, 2.75) is 19.3 Å². The molecule has 0 atom stereocenters. The van der Waals surface area contributed by atoms with Crippen LogP contribution in [0.2, 0.25) is 0 Å². The van der Waals surface area contributed by atoms with Crippen LogP contribution in [-0.4, -0.2) is 11.9 Å². The molecule has 0 saturated carbocycles. The second-order valence-electron chi connectivity index (χ2n) is 6.76. The van der Waals surface area contributed by atoms with Gasteiger partial charge in [-0.2, -0.15) is 13.2 Å². The first-order valence-electron chi connectivity index (χ1n) is 9.58. The van der Waals surface area contributed by atoms with Gasteiger partial charge in [0.1, 0.15) is 12.4 Å². The van der Waals surface area contributed by atoms with E-state index in [2.05, 4.69) is 16.2 Å². The molecule has 0 aliphatic carbocycles. The molecule has 0 fully saturated rings. The summed E-state index contributed by atoms with van der Waals surface area (Å²) in [4.78, 5) is 24.0. The van der Waals surface area contributed by atoms with Gasteiger partial charge in [0.05, 0.1) is 5.56 Å². The summed E-state index contributed by atoms with van der Waals surface area (Å²) >= 11 is 0. The molecule has 3 amide bonds. The monoisotopic (exact) mass is 443 g/mol. The van der Waals surface area contributed by atoms with Gasteiger partial charge in [0.15, 0.2) is 0 Å². The molecule has 3 rings (SSSR count). The van der Waals surface area contributed by atoms with Crippen LogP contribution in [0.5, 0.6) is 5.75 Å². The standard InChI is InChI=1S/C23H20F3N3O3/c24-23(25,26)19-6-4-5-17(13-19)14-27-22(31)29-28-21(30)18-11-9-16(10-12-18)15-32-20-7-2-1-3-8-20/h1-13H,14-15H2,(H,28,30)(H2,27,29,31). The van der Waals surface area contributed by atoms with Crippen LogP contribution in [-0.2, 0) is 19.3 Å². The molecular weight excluding hydrogens is 423 g/mol. The van der Waals surface area contributed by atoms with Gasteiger partial charge in [0, 0.05) is 12.1 Å². The van der Waals surface area contributed by atoms with Crippen LogP contribution in [0.4, 0.5) is 18.0 Å². The number of carbonyl (C=O) groups excluding carboxylic acids is 2. The molecule has 0 heterocycles. The van der Waals surface area contributed by atoms with Crippen molar-refractivity contribution in [3.63, 3.8) is 0 Å². The second-order valence-corrected chi connectivity index (χ2v) is 6.76. The number of ether oxygens (including phenoxy) is 1. The predicted molar refractivity (Wildman–Crippen MR) is 111 cm³/mol. The van der Waals surface area contributed by atoms with Crippen molar-refractivity contribution in [2.24, 2.45) is 0 Å². The van der Waals surface area contributed by atoms with E-state index in [1.165, 1.54) is 12.1 Å². The van der Waals surface area contributed by atoms with E-state index < -0.39 is 23.7 Å². The average molecular weight is 443 g/mol. The van der Waals surface area contributed by atoms with Crippen LogP contribution in [0, 0.1) is 0 Å². The lowest BCUT2D eigenvalue weighted by Gasteiger charge is -2.11. The molecule has 3 aromatic rings. The largest absolute Gasteiger partial charge is 0.489 e. The van der Waals surface area contributed by atoms with Gasteiger partial charge in [-0.1, -0.05) is 42.5 Å². The zero-order valence-corrected chi connectivity index (χ0v) is 16.8. The van der Waals surface area contributed by atoms with Crippen molar-refractivity contribution >= 4 is 11.9 Å². The Balaban J connectivity index is 1.43. The number of carbonyl (C=O) groups is 2. The Morgan fingerprint density at radius 2 is 1.53 bits per heavy atom. The molecule has 9 heteroatoms. The SMILES string of the molecule is O=C(NCc1cccc(C(F)(F)F)c1)NNC(=O)c1ccc(COc2ccccc2)cc1. The third kappa shape index (κ3) is 6.76. The fraction of sp³-hybridized carbons (Fsp3) is 0.130. The van der Waals surface area contributed by atoms with Gasteiger partial charge in [0.2, 0.25) is 0 Å². The van der Waals surface area contributed by atoms with Gasteiger partial charge >= 0.3 is 12.2 Å². The lowest BCUT2D eigenvalue weighted by Crippen LogP contribution is -2.46. The summed E-state index contributed by atoms with van der Waals surface area (Å²) in [6, 6.07) is 19.8. The van der Waals surface area contributed by atoms with Gasteiger partial charge in [0.25, 0.3) is 5.91 Å². The van der Waals surface area contributed by atoms with E-state index in [0.29, 0.717) is 12.2 Å². The summed E-state index contributed by atoms with van der Waals surface area (Å²) < 4.78 is 43.8. The molecule has 0 spiro atoms. The maximum absolute atomic E-state index is 12.7. The molecule has 3 N–H and O–H groups in total. The normalized spacial score (nSPS) is 10.8. The van der Waals surface area contributed by atoms with E-state index in [9.17, 15) is 22.8 Å². The number of para-hydroxylation sites is 1. The predicted octanol–water partition coefficient (Wildman–Crippen LogP) is 4.43. The third-order valence-corrected chi connectivity index (χ3v) is 4.36. The number of rotatable bonds is 6. The number of nitrogens with one attached hydrogen (secondary N) is 3. The smallest absolute Gasteiger partial charge is 0.416 e. The fourth-order valence-corrected chi connectivity index (χ4v) is 2.71. The maximum Gasteiger partial charge on any atom is 0.416 e. The van der Waals surface area contributed by atoms with Crippen molar-refractivity contribution < 1.29 is 27.5 Å². The molecule has 0 aliphatic heterocycles. The van der Waals surface area contributed by atoms with E-state index in [1.807, 2.05) is 30.3 Å². The molecule has 0 unspecified atom stereocenters. The number of benzene rings is 3. The third-order valence-electron chi connectivity index (χ3n) is 4.36. The molecule has 166 valence electrons. The van der Waals surface area contributed by atoms with E-state index in [0.717, 1.165) is 23.4 Å². The second kappa shape index (κ2) is 10.3. The highest BCUT2D eigenvalue weighted by Gasteiger charge is 2.30. The number of urea groups is 1. The van der Waals surface area contributed by atoms with Crippen molar-refractivity contribution in [3.8, 4) is 5.75 Å². The van der Waals surface area contributed by atoms with Gasteiger partial charge in [-0.25, -0.2) is 10.2 Å². The van der Waals surface area contributed by atoms with Gasteiger partial charge in [-0.05, 0) is 47.5 Å². The van der Waals surface area contributed by atoms with Crippen molar-refractivity contribution in [1.82, 2.24) is 16.2 Å². The molecule has 0 bridgehead atoms. The average Bonchev–Trinajstić information content (AvgIpc) is 2.80. The number of hydrazine groups is 1. The molecule has 0 aromatic heterocycles. The highest BCUT2D eigenvalue weighted by molar-refractivity contribution is 5.95. The molecule has 32 heavy (non-hydrogen) atoms. The first kappa shape index (κ1) is 22.7. The van der Waals surface area contributed by atoms with E-state index in [4.69, 9.17) is 4.74 Å². The Kier molecular flexibility index (Phi) is 7.33. The Morgan fingerprint density at radius 3 is 2.22 bits per heavy atom. The minimum atomic E-state index is -4.46. The summed E-state index contributed by atoms with van der Waals surface area (Å²) in [5.41, 5.74) is 5.04. The maximum atomic E-state index is 12.7. The van der Waals surface area contributed by atoms with Crippen molar-refractivity contribution in [1.29, 1.82) is 0 Å². The Hall–Kier alpha value is -4.01. The highest BCUT2D eigenvalue weighted by atomic mass is 19.4. The van der Waals surface area contributed by atoms with Crippen LogP contribution in [0.15, 0.2) is 78.9 Å². The van der Waals surface area contributed by atoms with Crippen LogP contribution in [0.3, 0.4) is 0 Å². The molecule has 3 aromatic carbocycles. The van der Waals surface area contributed by atoms with Gasteiger partial charge in [-0.15, -0.1) is 0 Å². The first-order chi connectivity index (χ1) is 15.3. The first-order valence-corrected chi connectivity index (χ1v) is 9.58. The summed E-state index contributed by atoms with van der Waals surface area (Å²) in [6.07, 6.45) is -4.46. The highest BCUT2D eigenvalue weighted by Crippen LogP contribution is 2.29. The topological polar surface area (TPSA) is 79.5 Å². The summed E-state index contributed by atoms with van der Waals surface area (Å²) in [5.74, 6) is 0.185. The van der Waals surface area contributed by atoms with Crippen molar-refractivity contribution in [2.75, 3.05) is 0 Å². The van der Waals surface area contributed by atoms with E-state index >= 15 is 0 Å². The lowest BCUT2D eigenvalue weighted by atomic mass is 10.1. The summed E-state index contributed by atoms with van der Waals surface area (Å²) in [5, 5.41) is 2.38. The Labute approximate surface area is 182 Å². The number of hydrogen-bond donors (Lipinski definition) is 3. The lowest BCUT2D eigenvalue weighted by molar-refractivity contribution is -0.137. The van der Waals surface area contributed by atoms with Crippen molar-refractivity contribution in [3.05, 3.63) is 101 Å². The summed E-state index contributed by atoms with van der Waals surface area (Å²) in [6.45, 7) is 0.198. The number of alkyl halides is 3. The minimum absolute atomic E-state index is 0.137. The molecule has 0 aliphatic rings. The zero-order valence-electron chi connectivity index (χ0n) is 16.8.